The lowest BCUT2D eigenvalue weighted by atomic mass is 10.2. The summed E-state index contributed by atoms with van der Waals surface area (Å²) in [6.07, 6.45) is -5.21. The minimum Gasteiger partial charge on any atom is -0.489 e. The predicted molar refractivity (Wildman–Crippen MR) is 96.8 cm³/mol. The predicted octanol–water partition coefficient (Wildman–Crippen LogP) is 4.29. The van der Waals surface area contributed by atoms with Crippen molar-refractivity contribution in [1.82, 2.24) is 5.06 Å². The molecule has 0 fully saturated rings. The first-order chi connectivity index (χ1) is 13.1. The Hall–Kier alpha value is -2.65. The number of nitrogens with zero attached hydrogens (tertiary/aromatic N) is 1. The number of guanidine groups is 1. The lowest BCUT2D eigenvalue weighted by Gasteiger charge is -2.21. The number of hydrogen-bond donors (Lipinski definition) is 2. The average molecular weight is 436 g/mol. The molecule has 0 bridgehead atoms. The van der Waals surface area contributed by atoms with E-state index in [-0.39, 0.29) is 13.2 Å². The number of ether oxygens (including phenoxy) is 1. The summed E-state index contributed by atoms with van der Waals surface area (Å²) in [7, 11) is 0. The maximum absolute atomic E-state index is 12.3. The number of halogens is 5. The van der Waals surface area contributed by atoms with E-state index in [0.717, 1.165) is 0 Å². The Morgan fingerprint density at radius 1 is 1.18 bits per heavy atom. The van der Waals surface area contributed by atoms with Crippen LogP contribution in [0.3, 0.4) is 0 Å². The molecule has 28 heavy (non-hydrogen) atoms. The van der Waals surface area contributed by atoms with Crippen molar-refractivity contribution in [2.45, 2.75) is 19.3 Å². The highest BCUT2D eigenvalue weighted by molar-refractivity contribution is 6.35. The van der Waals surface area contributed by atoms with Gasteiger partial charge in [-0.25, -0.2) is 4.79 Å². The van der Waals surface area contributed by atoms with Crippen LogP contribution in [0, 0.1) is 5.41 Å². The fourth-order valence-electron chi connectivity index (χ4n) is 2.02. The first-order valence-electron chi connectivity index (χ1n) is 7.62. The van der Waals surface area contributed by atoms with E-state index >= 15 is 0 Å². The molecule has 0 aromatic heterocycles. The van der Waals surface area contributed by atoms with Gasteiger partial charge in [0.25, 0.3) is 0 Å². The number of nitrogens with two attached hydrogens (primary N) is 1. The number of rotatable bonds is 5. The number of alkyl halides is 3. The Labute approximate surface area is 168 Å². The third-order valence-corrected chi connectivity index (χ3v) is 3.91. The molecule has 2 aromatic rings. The number of nitrogens with one attached hydrogen (secondary N) is 1. The molecule has 0 amide bonds. The van der Waals surface area contributed by atoms with Crippen LogP contribution < -0.4 is 10.5 Å². The fraction of sp³-hybridized carbons (Fsp3) is 0.176. The van der Waals surface area contributed by atoms with Crippen LogP contribution in [0.5, 0.6) is 5.75 Å². The molecule has 2 rings (SSSR count). The summed E-state index contributed by atoms with van der Waals surface area (Å²) in [6, 6.07) is 11.2. The van der Waals surface area contributed by atoms with E-state index in [1.165, 1.54) is 6.07 Å². The monoisotopic (exact) mass is 435 g/mol. The molecule has 0 aliphatic rings. The van der Waals surface area contributed by atoms with E-state index in [2.05, 4.69) is 4.84 Å². The van der Waals surface area contributed by atoms with Crippen molar-refractivity contribution in [3.63, 3.8) is 0 Å². The SMILES string of the molecule is N=C(N)N(Cc1cccc(OCc2ccc(Cl)cc2Cl)c1)OC(=O)C(F)(F)F. The Morgan fingerprint density at radius 3 is 2.50 bits per heavy atom. The van der Waals surface area contributed by atoms with Gasteiger partial charge in [-0.05, 0) is 29.8 Å². The van der Waals surface area contributed by atoms with Gasteiger partial charge in [-0.2, -0.15) is 18.2 Å². The quantitative estimate of drug-likeness (QED) is 0.415. The highest BCUT2D eigenvalue weighted by Gasteiger charge is 2.43. The Balaban J connectivity index is 2.06. The highest BCUT2D eigenvalue weighted by Crippen LogP contribution is 2.24. The highest BCUT2D eigenvalue weighted by atomic mass is 35.5. The molecule has 0 heterocycles. The topological polar surface area (TPSA) is 88.6 Å². The standard InChI is InChI=1S/C17H14Cl2F3N3O3/c18-12-5-4-11(14(19)7-12)9-27-13-3-1-2-10(6-13)8-25(16(23)24)28-15(26)17(20,21)22/h1-7H,8-9H2,(H3,23,24). The zero-order valence-corrected chi connectivity index (χ0v) is 15.6. The van der Waals surface area contributed by atoms with Crippen molar-refractivity contribution < 1.29 is 27.5 Å². The van der Waals surface area contributed by atoms with Crippen LogP contribution in [0.1, 0.15) is 11.1 Å². The van der Waals surface area contributed by atoms with Crippen LogP contribution >= 0.6 is 23.2 Å². The van der Waals surface area contributed by atoms with Crippen molar-refractivity contribution in [2.75, 3.05) is 0 Å². The Bertz CT molecular complexity index is 878. The van der Waals surface area contributed by atoms with Crippen molar-refractivity contribution in [1.29, 1.82) is 5.41 Å². The molecule has 0 saturated heterocycles. The molecule has 6 nitrogen and oxygen atoms in total. The summed E-state index contributed by atoms with van der Waals surface area (Å²) >= 11 is 11.9. The molecular weight excluding hydrogens is 422 g/mol. The van der Waals surface area contributed by atoms with Gasteiger partial charge >= 0.3 is 12.1 Å². The van der Waals surface area contributed by atoms with E-state index in [9.17, 15) is 18.0 Å². The van der Waals surface area contributed by atoms with Crippen molar-refractivity contribution in [3.05, 3.63) is 63.6 Å². The van der Waals surface area contributed by atoms with Crippen LogP contribution in [0.2, 0.25) is 10.0 Å². The maximum Gasteiger partial charge on any atom is 0.493 e. The van der Waals surface area contributed by atoms with Gasteiger partial charge < -0.3 is 15.3 Å². The van der Waals surface area contributed by atoms with Gasteiger partial charge in [-0.3, -0.25) is 5.41 Å². The van der Waals surface area contributed by atoms with Crippen molar-refractivity contribution in [2.24, 2.45) is 5.73 Å². The lowest BCUT2D eigenvalue weighted by molar-refractivity contribution is -0.227. The van der Waals surface area contributed by atoms with E-state index in [1.54, 1.807) is 36.4 Å². The van der Waals surface area contributed by atoms with Crippen LogP contribution in [0.15, 0.2) is 42.5 Å². The second-order valence-electron chi connectivity index (χ2n) is 5.47. The van der Waals surface area contributed by atoms with Gasteiger partial charge in [0, 0.05) is 15.6 Å². The Morgan fingerprint density at radius 2 is 1.89 bits per heavy atom. The molecule has 0 aliphatic heterocycles. The van der Waals surface area contributed by atoms with Gasteiger partial charge in [0.1, 0.15) is 12.4 Å². The number of carbonyl (C=O) groups is 1. The number of benzene rings is 2. The van der Waals surface area contributed by atoms with Crippen molar-refractivity contribution >= 4 is 35.1 Å². The second kappa shape index (κ2) is 9.03. The summed E-state index contributed by atoms with van der Waals surface area (Å²) in [5.41, 5.74) is 6.26. The number of carbonyl (C=O) groups excluding carboxylic acids is 1. The van der Waals surface area contributed by atoms with E-state index in [0.29, 0.717) is 32.0 Å². The molecule has 0 spiro atoms. The smallest absolute Gasteiger partial charge is 0.489 e. The van der Waals surface area contributed by atoms with Crippen LogP contribution in [-0.4, -0.2) is 23.2 Å². The van der Waals surface area contributed by atoms with Crippen LogP contribution in [-0.2, 0) is 22.8 Å². The number of hydroxylamine groups is 2. The molecule has 150 valence electrons. The zero-order chi connectivity index (χ0) is 20.9. The van der Waals surface area contributed by atoms with Gasteiger partial charge in [0.2, 0.25) is 5.96 Å². The average Bonchev–Trinajstić information content (AvgIpc) is 2.59. The first kappa shape index (κ1) is 21.6. The van der Waals surface area contributed by atoms with Gasteiger partial charge in [0.15, 0.2) is 0 Å². The normalized spacial score (nSPS) is 11.0. The lowest BCUT2D eigenvalue weighted by Crippen LogP contribution is -2.41. The third-order valence-electron chi connectivity index (χ3n) is 3.33. The van der Waals surface area contributed by atoms with Gasteiger partial charge in [-0.15, -0.1) is 0 Å². The third kappa shape index (κ3) is 6.21. The van der Waals surface area contributed by atoms with Crippen LogP contribution in [0.4, 0.5) is 13.2 Å². The van der Waals surface area contributed by atoms with Gasteiger partial charge in [0.05, 0.1) is 6.54 Å². The molecule has 11 heteroatoms. The summed E-state index contributed by atoms with van der Waals surface area (Å²) in [6.45, 7) is -0.255. The molecule has 0 radical (unpaired) electrons. The Kier molecular flexibility index (Phi) is 6.98. The molecule has 0 aliphatic carbocycles. The molecular formula is C17H14Cl2F3N3O3. The molecule has 2 aromatic carbocycles. The van der Waals surface area contributed by atoms with Gasteiger partial charge in [-0.1, -0.05) is 41.4 Å². The first-order valence-corrected chi connectivity index (χ1v) is 8.38. The maximum atomic E-state index is 12.3. The summed E-state index contributed by atoms with van der Waals surface area (Å²) < 4.78 is 42.6. The summed E-state index contributed by atoms with van der Waals surface area (Å²) in [5, 5.41) is 8.52. The largest absolute Gasteiger partial charge is 0.493 e. The van der Waals surface area contributed by atoms with E-state index in [4.69, 9.17) is 39.1 Å². The summed E-state index contributed by atoms with van der Waals surface area (Å²) in [5.74, 6) is -2.96. The van der Waals surface area contributed by atoms with Crippen molar-refractivity contribution in [3.8, 4) is 5.75 Å². The molecule has 0 atom stereocenters. The van der Waals surface area contributed by atoms with Crippen LogP contribution in [0.25, 0.3) is 0 Å². The van der Waals surface area contributed by atoms with E-state index in [1.807, 2.05) is 0 Å². The minimum atomic E-state index is -5.21. The number of hydrogen-bond acceptors (Lipinski definition) is 4. The zero-order valence-electron chi connectivity index (χ0n) is 14.1. The molecule has 0 saturated carbocycles. The molecule has 3 N–H and O–H groups in total. The fourth-order valence-corrected chi connectivity index (χ4v) is 2.48. The second-order valence-corrected chi connectivity index (χ2v) is 6.31. The van der Waals surface area contributed by atoms with E-state index < -0.39 is 18.1 Å². The molecule has 0 unspecified atom stereocenters. The summed E-state index contributed by atoms with van der Waals surface area (Å²) in [4.78, 5) is 15.1. The minimum absolute atomic E-state index is 0.124.